The summed E-state index contributed by atoms with van der Waals surface area (Å²) in [6.45, 7) is 9.49. The largest absolute Gasteiger partial charge is 0.313 e. The van der Waals surface area contributed by atoms with E-state index >= 15 is 0 Å². The molecule has 21 heavy (non-hydrogen) atoms. The summed E-state index contributed by atoms with van der Waals surface area (Å²) in [4.78, 5) is 5.16. The Balaban J connectivity index is 1.79. The van der Waals surface area contributed by atoms with Crippen LogP contribution in [0.5, 0.6) is 0 Å². The van der Waals surface area contributed by atoms with Gasteiger partial charge in [-0.25, -0.2) is 0 Å². The minimum absolute atomic E-state index is 0.386. The van der Waals surface area contributed by atoms with E-state index in [1.54, 1.807) is 0 Å². The van der Waals surface area contributed by atoms with E-state index < -0.39 is 0 Å². The highest BCUT2D eigenvalue weighted by Crippen LogP contribution is 2.20. The number of rotatable bonds is 7. The minimum Gasteiger partial charge on any atom is -0.313 e. The standard InChI is InChI=1S/C17H28ClN3/c1-3-8-20-10-12-21(13-11-20)9-7-17(19-2)15-5-4-6-16(18)14-15/h4-6,14,17,19H,3,7-13H2,1-2H3. The molecule has 1 atom stereocenters. The molecule has 1 unspecified atom stereocenters. The number of hydrogen-bond donors (Lipinski definition) is 1. The highest BCUT2D eigenvalue weighted by Gasteiger charge is 2.17. The highest BCUT2D eigenvalue weighted by molar-refractivity contribution is 6.30. The van der Waals surface area contributed by atoms with Gasteiger partial charge in [0.1, 0.15) is 0 Å². The molecule has 1 aromatic carbocycles. The predicted octanol–water partition coefficient (Wildman–Crippen LogP) is 3.02. The predicted molar refractivity (Wildman–Crippen MR) is 91.0 cm³/mol. The molecule has 1 N–H and O–H groups in total. The lowest BCUT2D eigenvalue weighted by atomic mass is 10.0. The summed E-state index contributed by atoms with van der Waals surface area (Å²) < 4.78 is 0. The number of halogens is 1. The normalized spacial score (nSPS) is 18.8. The van der Waals surface area contributed by atoms with Crippen molar-refractivity contribution in [1.82, 2.24) is 15.1 Å². The molecule has 3 nitrogen and oxygen atoms in total. The molecule has 1 saturated heterocycles. The zero-order valence-corrected chi connectivity index (χ0v) is 14.1. The summed E-state index contributed by atoms with van der Waals surface area (Å²) in [5.41, 5.74) is 1.29. The van der Waals surface area contributed by atoms with Crippen molar-refractivity contribution in [3.05, 3.63) is 34.9 Å². The van der Waals surface area contributed by atoms with Gasteiger partial charge < -0.3 is 15.1 Å². The maximum absolute atomic E-state index is 6.10. The molecular weight excluding hydrogens is 282 g/mol. The second-order valence-corrected chi connectivity index (χ2v) is 6.30. The summed E-state index contributed by atoms with van der Waals surface area (Å²) in [5, 5.41) is 4.24. The number of piperazine rings is 1. The zero-order valence-electron chi connectivity index (χ0n) is 13.3. The van der Waals surface area contributed by atoms with Gasteiger partial charge in [0, 0.05) is 43.8 Å². The van der Waals surface area contributed by atoms with Gasteiger partial charge in [-0.15, -0.1) is 0 Å². The molecule has 0 radical (unpaired) electrons. The molecule has 1 aromatic rings. The van der Waals surface area contributed by atoms with Crippen molar-refractivity contribution in [3.63, 3.8) is 0 Å². The van der Waals surface area contributed by atoms with Crippen LogP contribution < -0.4 is 5.32 Å². The smallest absolute Gasteiger partial charge is 0.0409 e. The van der Waals surface area contributed by atoms with Crippen molar-refractivity contribution in [1.29, 1.82) is 0 Å². The van der Waals surface area contributed by atoms with Crippen LogP contribution in [0, 0.1) is 0 Å². The first kappa shape index (κ1) is 16.8. The second kappa shape index (κ2) is 8.74. The lowest BCUT2D eigenvalue weighted by Gasteiger charge is -2.35. The zero-order chi connectivity index (χ0) is 15.1. The monoisotopic (exact) mass is 309 g/mol. The molecule has 2 rings (SSSR count). The van der Waals surface area contributed by atoms with Crippen molar-refractivity contribution < 1.29 is 0 Å². The van der Waals surface area contributed by atoms with Crippen LogP contribution >= 0.6 is 11.6 Å². The van der Waals surface area contributed by atoms with Gasteiger partial charge in [-0.2, -0.15) is 0 Å². The Labute approximate surface area is 134 Å². The molecule has 0 aliphatic carbocycles. The number of nitrogens with one attached hydrogen (secondary N) is 1. The summed E-state index contributed by atoms with van der Waals surface area (Å²) in [5.74, 6) is 0. The van der Waals surface area contributed by atoms with E-state index in [-0.39, 0.29) is 0 Å². The average molecular weight is 310 g/mol. The third-order valence-corrected chi connectivity index (χ3v) is 4.57. The van der Waals surface area contributed by atoms with Crippen LogP contribution in [0.4, 0.5) is 0 Å². The Morgan fingerprint density at radius 1 is 1.14 bits per heavy atom. The SMILES string of the molecule is CCCN1CCN(CCC(NC)c2cccc(Cl)c2)CC1. The lowest BCUT2D eigenvalue weighted by Crippen LogP contribution is -2.47. The van der Waals surface area contributed by atoms with E-state index in [0.717, 1.165) is 18.0 Å². The summed E-state index contributed by atoms with van der Waals surface area (Å²) >= 11 is 6.10. The number of hydrogen-bond acceptors (Lipinski definition) is 3. The Kier molecular flexibility index (Phi) is 6.97. The third kappa shape index (κ3) is 5.26. The van der Waals surface area contributed by atoms with Crippen LogP contribution in [0.15, 0.2) is 24.3 Å². The summed E-state index contributed by atoms with van der Waals surface area (Å²) in [6, 6.07) is 8.59. The molecule has 1 aliphatic heterocycles. The molecule has 0 saturated carbocycles. The van der Waals surface area contributed by atoms with Crippen molar-refractivity contribution in [2.24, 2.45) is 0 Å². The highest BCUT2D eigenvalue weighted by atomic mass is 35.5. The van der Waals surface area contributed by atoms with Gasteiger partial charge in [-0.1, -0.05) is 30.7 Å². The fraction of sp³-hybridized carbons (Fsp3) is 0.647. The molecule has 0 amide bonds. The third-order valence-electron chi connectivity index (χ3n) is 4.34. The van der Waals surface area contributed by atoms with Crippen LogP contribution in [0.3, 0.4) is 0 Å². The van der Waals surface area contributed by atoms with Crippen LogP contribution in [0.25, 0.3) is 0 Å². The van der Waals surface area contributed by atoms with Crippen molar-refractivity contribution in [3.8, 4) is 0 Å². The van der Waals surface area contributed by atoms with Gasteiger partial charge in [0.2, 0.25) is 0 Å². The fourth-order valence-electron chi connectivity index (χ4n) is 3.07. The Bertz CT molecular complexity index is 416. The Hall–Kier alpha value is -0.610. The molecule has 118 valence electrons. The second-order valence-electron chi connectivity index (χ2n) is 5.87. The van der Waals surface area contributed by atoms with E-state index in [1.165, 1.54) is 44.7 Å². The van der Waals surface area contributed by atoms with Gasteiger partial charge in [0.15, 0.2) is 0 Å². The molecule has 1 heterocycles. The number of benzene rings is 1. The molecule has 1 fully saturated rings. The van der Waals surface area contributed by atoms with Gasteiger partial charge in [-0.3, -0.25) is 0 Å². The van der Waals surface area contributed by atoms with Gasteiger partial charge in [-0.05, 0) is 44.1 Å². The number of nitrogens with zero attached hydrogens (tertiary/aromatic N) is 2. The Morgan fingerprint density at radius 3 is 2.38 bits per heavy atom. The summed E-state index contributed by atoms with van der Waals surface area (Å²) in [6.07, 6.45) is 2.39. The first-order valence-electron chi connectivity index (χ1n) is 8.10. The maximum Gasteiger partial charge on any atom is 0.0409 e. The van der Waals surface area contributed by atoms with E-state index in [2.05, 4.69) is 34.2 Å². The molecule has 0 bridgehead atoms. The van der Waals surface area contributed by atoms with Gasteiger partial charge in [0.25, 0.3) is 0 Å². The molecule has 0 aromatic heterocycles. The molecule has 0 spiro atoms. The van der Waals surface area contributed by atoms with Crippen LogP contribution in [-0.2, 0) is 0 Å². The average Bonchev–Trinajstić information content (AvgIpc) is 2.50. The quantitative estimate of drug-likeness (QED) is 0.835. The van der Waals surface area contributed by atoms with Crippen molar-refractivity contribution in [2.45, 2.75) is 25.8 Å². The minimum atomic E-state index is 0.386. The first-order valence-corrected chi connectivity index (χ1v) is 8.48. The molecule has 1 aliphatic rings. The van der Waals surface area contributed by atoms with E-state index in [4.69, 9.17) is 11.6 Å². The fourth-order valence-corrected chi connectivity index (χ4v) is 3.26. The van der Waals surface area contributed by atoms with Crippen LogP contribution in [0.1, 0.15) is 31.4 Å². The van der Waals surface area contributed by atoms with E-state index in [1.807, 2.05) is 19.2 Å². The van der Waals surface area contributed by atoms with Crippen LogP contribution in [0.2, 0.25) is 5.02 Å². The molecule has 4 heteroatoms. The van der Waals surface area contributed by atoms with Gasteiger partial charge >= 0.3 is 0 Å². The van der Waals surface area contributed by atoms with Crippen LogP contribution in [-0.4, -0.2) is 56.1 Å². The van der Waals surface area contributed by atoms with Crippen molar-refractivity contribution >= 4 is 11.6 Å². The lowest BCUT2D eigenvalue weighted by molar-refractivity contribution is 0.129. The summed E-state index contributed by atoms with van der Waals surface area (Å²) in [7, 11) is 2.03. The first-order chi connectivity index (χ1) is 10.2. The maximum atomic E-state index is 6.10. The van der Waals surface area contributed by atoms with E-state index in [9.17, 15) is 0 Å². The van der Waals surface area contributed by atoms with Gasteiger partial charge in [0.05, 0.1) is 0 Å². The molecular formula is C17H28ClN3. The Morgan fingerprint density at radius 2 is 1.81 bits per heavy atom. The van der Waals surface area contributed by atoms with E-state index in [0.29, 0.717) is 6.04 Å². The van der Waals surface area contributed by atoms with Crippen molar-refractivity contribution in [2.75, 3.05) is 46.3 Å². The topological polar surface area (TPSA) is 18.5 Å².